The van der Waals surface area contributed by atoms with Crippen molar-refractivity contribution in [3.8, 4) is 45.7 Å². The van der Waals surface area contributed by atoms with E-state index in [0.29, 0.717) is 0 Å². The van der Waals surface area contributed by atoms with E-state index in [9.17, 15) is 0 Å². The first-order valence-corrected chi connectivity index (χ1v) is 22.8. The molecule has 0 bridgehead atoms. The molecule has 0 saturated carbocycles. The van der Waals surface area contributed by atoms with Crippen LogP contribution >= 0.6 is 0 Å². The van der Waals surface area contributed by atoms with Gasteiger partial charge in [-0.3, -0.25) is 0 Å². The van der Waals surface area contributed by atoms with Crippen LogP contribution in [-0.4, -0.2) is 0 Å². The van der Waals surface area contributed by atoms with Gasteiger partial charge in [-0.2, -0.15) is 0 Å². The molecule has 310 valence electrons. The highest BCUT2D eigenvalue weighted by molar-refractivity contribution is 5.92. The number of benzene rings is 7. The molecule has 4 aliphatic rings. The number of rotatable bonds is 8. The summed E-state index contributed by atoms with van der Waals surface area (Å²) >= 11 is 0. The Balaban J connectivity index is 0.954. The summed E-state index contributed by atoms with van der Waals surface area (Å²) in [4.78, 5) is 2.42. The van der Waals surface area contributed by atoms with Crippen LogP contribution in [0.5, 0.6) is 0 Å². The van der Waals surface area contributed by atoms with Crippen LogP contribution in [0.25, 0.3) is 44.5 Å². The Bertz CT molecular complexity index is 3210. The zero-order chi connectivity index (χ0) is 44.0. The van der Waals surface area contributed by atoms with Crippen molar-refractivity contribution in [3.63, 3.8) is 0 Å². The largest absolute Gasteiger partial charge is 0.314 e. The molecule has 0 N–H and O–H groups in total. The number of terminal acetylenes is 1. The van der Waals surface area contributed by atoms with E-state index >= 15 is 0 Å². The van der Waals surface area contributed by atoms with Gasteiger partial charge < -0.3 is 4.90 Å². The molecule has 1 nitrogen and oxygen atoms in total. The van der Waals surface area contributed by atoms with E-state index in [1.807, 2.05) is 18.2 Å². The standard InChI is InChI=1S/C63H53N/c1-8-42(43-18-11-9-12-19-43)26-25-41(2)64(48-31-27-45(28-32-48)44-20-13-10-14-21-44)59-36-35-56(53-40-54(53)59)63(7)37-17-23-52-51-34-30-47(39-58(51)62(5,6)60(52)63)46-29-33-50-49-22-15-16-24-55(49)61(3,4)57(50)38-46/h1,9-36,38-39H,37,40H2,2-7H3/b41-25+,42-26+. The Hall–Kier alpha value is -7.14. The Kier molecular flexibility index (Phi) is 9.13. The van der Waals surface area contributed by atoms with Crippen LogP contribution in [-0.2, 0) is 22.7 Å². The van der Waals surface area contributed by atoms with Crippen molar-refractivity contribution in [2.45, 2.75) is 70.6 Å². The van der Waals surface area contributed by atoms with Crippen LogP contribution in [0.2, 0.25) is 0 Å². The van der Waals surface area contributed by atoms with Crippen molar-refractivity contribution in [2.75, 3.05) is 4.90 Å². The molecule has 4 aliphatic carbocycles. The Morgan fingerprint density at radius 3 is 1.89 bits per heavy atom. The minimum Gasteiger partial charge on any atom is -0.314 e. The van der Waals surface area contributed by atoms with Gasteiger partial charge in [0.15, 0.2) is 0 Å². The molecule has 0 fully saturated rings. The maximum absolute atomic E-state index is 6.08. The lowest BCUT2D eigenvalue weighted by atomic mass is 9.62. The van der Waals surface area contributed by atoms with E-state index in [0.717, 1.165) is 35.4 Å². The van der Waals surface area contributed by atoms with E-state index in [2.05, 4.69) is 216 Å². The van der Waals surface area contributed by atoms with Gasteiger partial charge in [-0.15, -0.1) is 6.42 Å². The van der Waals surface area contributed by atoms with Gasteiger partial charge in [0, 0.05) is 45.3 Å². The van der Waals surface area contributed by atoms with Gasteiger partial charge in [-0.1, -0.05) is 180 Å². The summed E-state index contributed by atoms with van der Waals surface area (Å²) in [5.41, 5.74) is 25.7. The van der Waals surface area contributed by atoms with Crippen LogP contribution < -0.4 is 4.90 Å². The molecule has 1 heteroatoms. The van der Waals surface area contributed by atoms with E-state index in [-0.39, 0.29) is 16.2 Å². The van der Waals surface area contributed by atoms with Gasteiger partial charge in [0.05, 0.1) is 0 Å². The van der Waals surface area contributed by atoms with Crippen LogP contribution in [0.4, 0.5) is 11.4 Å². The number of hydrogen-bond donors (Lipinski definition) is 0. The fourth-order valence-electron chi connectivity index (χ4n) is 11.7. The molecule has 0 saturated heterocycles. The Morgan fingerprint density at radius 2 is 1.17 bits per heavy atom. The first-order valence-electron chi connectivity index (χ1n) is 22.8. The molecule has 7 aromatic carbocycles. The summed E-state index contributed by atoms with van der Waals surface area (Å²) in [7, 11) is 0. The molecular formula is C63H53N. The second-order valence-electron chi connectivity index (χ2n) is 19.5. The maximum atomic E-state index is 6.08. The summed E-state index contributed by atoms with van der Waals surface area (Å²) < 4.78 is 0. The second-order valence-corrected chi connectivity index (χ2v) is 19.5. The van der Waals surface area contributed by atoms with E-state index < -0.39 is 0 Å². The van der Waals surface area contributed by atoms with Gasteiger partial charge in [0.25, 0.3) is 0 Å². The molecule has 1 atom stereocenters. The summed E-state index contributed by atoms with van der Waals surface area (Å²) in [6, 6.07) is 58.0. The molecule has 64 heavy (non-hydrogen) atoms. The number of anilines is 2. The zero-order valence-corrected chi connectivity index (χ0v) is 37.8. The molecule has 0 amide bonds. The van der Waals surface area contributed by atoms with Crippen molar-refractivity contribution < 1.29 is 0 Å². The fraction of sp³-hybridized carbons (Fsp3) is 0.175. The third-order valence-corrected chi connectivity index (χ3v) is 14.9. The maximum Gasteiger partial charge on any atom is 0.0496 e. The van der Waals surface area contributed by atoms with Gasteiger partial charge in [0.1, 0.15) is 0 Å². The number of hydrogen-bond acceptors (Lipinski definition) is 1. The van der Waals surface area contributed by atoms with Gasteiger partial charge in [0.2, 0.25) is 0 Å². The lowest BCUT2D eigenvalue weighted by molar-refractivity contribution is 0.465. The first kappa shape index (κ1) is 39.7. The van der Waals surface area contributed by atoms with Crippen LogP contribution in [0.3, 0.4) is 0 Å². The lowest BCUT2D eigenvalue weighted by Gasteiger charge is -2.41. The highest BCUT2D eigenvalue weighted by atomic mass is 15.1. The molecule has 0 heterocycles. The minimum atomic E-state index is -0.154. The first-order chi connectivity index (χ1) is 31.0. The monoisotopic (exact) mass is 823 g/mol. The Morgan fingerprint density at radius 1 is 0.562 bits per heavy atom. The van der Waals surface area contributed by atoms with E-state index in [4.69, 9.17) is 6.42 Å². The van der Waals surface area contributed by atoms with Crippen molar-refractivity contribution in [2.24, 2.45) is 0 Å². The van der Waals surface area contributed by atoms with Crippen molar-refractivity contribution in [1.82, 2.24) is 0 Å². The molecule has 0 aromatic heterocycles. The number of fused-ring (bicyclic) bond motifs is 6. The molecule has 0 radical (unpaired) electrons. The number of allylic oxidation sites excluding steroid dienone is 8. The normalized spacial score (nSPS) is 18.4. The second kappa shape index (κ2) is 14.7. The SMILES string of the molecule is C#C/C(=C\C=C(/C)N(c1ccc(-c2ccccc2)cc1)c1ccc(C2(C)CC=CC3=C2C(C)(C)c2cc(-c4ccc5c(c4)C(C)(C)c4ccccc4-5)ccc23)c2c1C2)c1ccccc1. The lowest BCUT2D eigenvalue weighted by Crippen LogP contribution is -2.35. The summed E-state index contributed by atoms with van der Waals surface area (Å²) in [5, 5.41) is 0. The molecule has 0 spiro atoms. The highest BCUT2D eigenvalue weighted by Crippen LogP contribution is 2.60. The molecule has 7 aromatic rings. The van der Waals surface area contributed by atoms with E-state index in [1.165, 1.54) is 83.6 Å². The van der Waals surface area contributed by atoms with Crippen molar-refractivity contribution >= 4 is 22.5 Å². The Labute approximate surface area is 379 Å². The zero-order valence-electron chi connectivity index (χ0n) is 37.8. The summed E-state index contributed by atoms with van der Waals surface area (Å²) in [5.74, 6) is 2.93. The fourth-order valence-corrected chi connectivity index (χ4v) is 11.7. The quantitative estimate of drug-likeness (QED) is 0.109. The van der Waals surface area contributed by atoms with Crippen molar-refractivity contribution in [1.29, 1.82) is 0 Å². The molecule has 1 unspecified atom stereocenters. The van der Waals surface area contributed by atoms with Crippen LogP contribution in [0.15, 0.2) is 193 Å². The number of nitrogens with zero attached hydrogens (tertiary/aromatic N) is 1. The van der Waals surface area contributed by atoms with Gasteiger partial charge >= 0.3 is 0 Å². The predicted molar refractivity (Wildman–Crippen MR) is 271 cm³/mol. The summed E-state index contributed by atoms with van der Waals surface area (Å²) in [6.07, 6.45) is 17.1. The third-order valence-electron chi connectivity index (χ3n) is 14.9. The van der Waals surface area contributed by atoms with Crippen molar-refractivity contribution in [3.05, 3.63) is 238 Å². The van der Waals surface area contributed by atoms with Gasteiger partial charge in [-0.25, -0.2) is 0 Å². The molecule has 0 aliphatic heterocycles. The average Bonchev–Trinajstić information content (AvgIpc) is 4.05. The molecule has 11 rings (SSSR count). The van der Waals surface area contributed by atoms with Gasteiger partial charge in [-0.05, 0) is 145 Å². The predicted octanol–water partition coefficient (Wildman–Crippen LogP) is 16.0. The minimum absolute atomic E-state index is 0.0342. The van der Waals surface area contributed by atoms with Crippen LogP contribution in [0.1, 0.15) is 92.5 Å². The highest BCUT2D eigenvalue weighted by Gasteiger charge is 2.50. The van der Waals surface area contributed by atoms with Crippen LogP contribution in [0, 0.1) is 12.3 Å². The smallest absolute Gasteiger partial charge is 0.0496 e. The molecular weight excluding hydrogens is 771 g/mol. The van der Waals surface area contributed by atoms with E-state index in [1.54, 1.807) is 5.57 Å². The summed E-state index contributed by atoms with van der Waals surface area (Å²) in [6.45, 7) is 14.4. The topological polar surface area (TPSA) is 3.24 Å². The average molecular weight is 824 g/mol. The third kappa shape index (κ3) is 6.15.